The van der Waals surface area contributed by atoms with Gasteiger partial charge in [0.15, 0.2) is 0 Å². The first-order valence-electron chi connectivity index (χ1n) is 17.7. The number of carbonyl (C=O) groups excluding carboxylic acids is 1. The van der Waals surface area contributed by atoms with Gasteiger partial charge in [-0.25, -0.2) is 0 Å². The van der Waals surface area contributed by atoms with Crippen molar-refractivity contribution in [3.05, 3.63) is 11.6 Å². The molecule has 0 aromatic rings. The molecule has 0 aromatic carbocycles. The van der Waals surface area contributed by atoms with Crippen LogP contribution in [0.3, 0.4) is 0 Å². The molecule has 4 saturated carbocycles. The molecule has 7 rings (SSSR count). The molecule has 0 aromatic heterocycles. The van der Waals surface area contributed by atoms with Gasteiger partial charge in [-0.2, -0.15) is 0 Å². The third-order valence-electron chi connectivity index (χ3n) is 14.3. The molecule has 2 saturated heterocycles. The van der Waals surface area contributed by atoms with E-state index in [1.54, 1.807) is 0 Å². The van der Waals surface area contributed by atoms with Crippen molar-refractivity contribution in [3.8, 4) is 0 Å². The molecule has 2 heterocycles. The standard InChI is InChI=1S/C36H56N2O4/c1-23(2)30-18-27-19-34(22-39)29-11-10-24(3)28(29)20-35(27,36(30,34)33(40)41)32-17-26(16-25-8-5-6-9-25)31(42-32)21-38-13-7-12-37(4)14-15-38/h18,22-29,31-32H,5-17,19-21H2,1-4H3,(H,40,41)/t24-,26-,27?,28-,29-,31+,32-,34?,35?,36?/m1/s1. The van der Waals surface area contributed by atoms with E-state index in [1.165, 1.54) is 44.8 Å². The number of aliphatic carboxylic acids is 1. The summed E-state index contributed by atoms with van der Waals surface area (Å²) in [5.74, 6) is 1.91. The first-order valence-corrected chi connectivity index (χ1v) is 17.7. The van der Waals surface area contributed by atoms with Crippen LogP contribution in [0.15, 0.2) is 11.6 Å². The molecule has 0 amide bonds. The zero-order chi connectivity index (χ0) is 29.4. The molecule has 6 nitrogen and oxygen atoms in total. The van der Waals surface area contributed by atoms with Crippen LogP contribution in [0.1, 0.15) is 91.4 Å². The molecule has 6 heteroatoms. The Bertz CT molecular complexity index is 1100. The van der Waals surface area contributed by atoms with Crippen LogP contribution in [0.5, 0.6) is 0 Å². The fourth-order valence-corrected chi connectivity index (χ4v) is 12.6. The molecule has 2 aliphatic heterocycles. The number of likely N-dealkylation sites (N-methyl/N-ethyl adjacent to an activating group) is 1. The maximum atomic E-state index is 14.1. The molecule has 4 bridgehead atoms. The number of carbonyl (C=O) groups is 2. The topological polar surface area (TPSA) is 70.1 Å². The molecule has 6 fully saturated rings. The normalized spacial score (nSPS) is 47.6. The number of hydrogen-bond donors (Lipinski definition) is 1. The van der Waals surface area contributed by atoms with E-state index in [4.69, 9.17) is 4.74 Å². The Morgan fingerprint density at radius 2 is 1.88 bits per heavy atom. The van der Waals surface area contributed by atoms with Gasteiger partial charge in [0.1, 0.15) is 11.7 Å². The van der Waals surface area contributed by atoms with E-state index in [9.17, 15) is 14.7 Å². The lowest BCUT2D eigenvalue weighted by molar-refractivity contribution is -0.197. The van der Waals surface area contributed by atoms with E-state index in [-0.39, 0.29) is 30.0 Å². The lowest BCUT2D eigenvalue weighted by Gasteiger charge is -2.60. The van der Waals surface area contributed by atoms with Gasteiger partial charge in [-0.1, -0.05) is 64.5 Å². The monoisotopic (exact) mass is 580 g/mol. The Balaban J connectivity index is 1.29. The van der Waals surface area contributed by atoms with Crippen molar-refractivity contribution < 1.29 is 19.4 Å². The zero-order valence-corrected chi connectivity index (χ0v) is 26.7. The van der Waals surface area contributed by atoms with Gasteiger partial charge in [-0.15, -0.1) is 0 Å². The Morgan fingerprint density at radius 1 is 1.10 bits per heavy atom. The number of carboxylic acid groups (broad SMARTS) is 1. The number of rotatable bonds is 8. The summed E-state index contributed by atoms with van der Waals surface area (Å²) in [6.07, 6.45) is 16.1. The Labute approximate surface area is 254 Å². The molecule has 0 radical (unpaired) electrons. The summed E-state index contributed by atoms with van der Waals surface area (Å²) in [6, 6.07) is 0. The van der Waals surface area contributed by atoms with Crippen LogP contribution in [0, 0.1) is 57.7 Å². The van der Waals surface area contributed by atoms with Crippen LogP contribution in [0.2, 0.25) is 0 Å². The van der Waals surface area contributed by atoms with Gasteiger partial charge in [-0.05, 0) is 100 Å². The van der Waals surface area contributed by atoms with Crippen LogP contribution in [0.25, 0.3) is 0 Å². The molecule has 10 atom stereocenters. The highest BCUT2D eigenvalue weighted by Gasteiger charge is 2.86. The molecule has 234 valence electrons. The fourth-order valence-electron chi connectivity index (χ4n) is 12.6. The Kier molecular flexibility index (Phi) is 7.50. The van der Waals surface area contributed by atoms with Gasteiger partial charge in [-0.3, -0.25) is 9.69 Å². The maximum Gasteiger partial charge on any atom is 0.315 e. The molecule has 1 N–H and O–H groups in total. The summed E-state index contributed by atoms with van der Waals surface area (Å²) in [4.78, 5) is 32.7. The van der Waals surface area contributed by atoms with E-state index in [1.807, 2.05) is 0 Å². The van der Waals surface area contributed by atoms with Gasteiger partial charge in [0.05, 0.1) is 17.6 Å². The second-order valence-corrected chi connectivity index (χ2v) is 16.4. The largest absolute Gasteiger partial charge is 0.481 e. The summed E-state index contributed by atoms with van der Waals surface area (Å²) in [6.45, 7) is 12.1. The lowest BCUT2D eigenvalue weighted by Crippen LogP contribution is -2.65. The van der Waals surface area contributed by atoms with Crippen molar-refractivity contribution in [1.82, 2.24) is 9.80 Å². The predicted molar refractivity (Wildman–Crippen MR) is 164 cm³/mol. The van der Waals surface area contributed by atoms with Gasteiger partial charge in [0.25, 0.3) is 0 Å². The summed E-state index contributed by atoms with van der Waals surface area (Å²) in [5, 5.41) is 11.5. The average molecular weight is 581 g/mol. The molecule has 42 heavy (non-hydrogen) atoms. The van der Waals surface area contributed by atoms with Crippen molar-refractivity contribution in [2.24, 2.45) is 57.7 Å². The molecule has 5 aliphatic carbocycles. The smallest absolute Gasteiger partial charge is 0.315 e. The molecular formula is C36H56N2O4. The van der Waals surface area contributed by atoms with Crippen LogP contribution in [0.4, 0.5) is 0 Å². The minimum atomic E-state index is -1.13. The van der Waals surface area contributed by atoms with Crippen molar-refractivity contribution >= 4 is 12.3 Å². The number of ether oxygens (including phenoxy) is 1. The van der Waals surface area contributed by atoms with E-state index in [0.29, 0.717) is 24.2 Å². The highest BCUT2D eigenvalue weighted by Crippen LogP contribution is 2.84. The number of aldehydes is 1. The van der Waals surface area contributed by atoms with Crippen molar-refractivity contribution in [1.29, 1.82) is 0 Å². The van der Waals surface area contributed by atoms with Gasteiger partial charge >= 0.3 is 5.97 Å². The summed E-state index contributed by atoms with van der Waals surface area (Å²) < 4.78 is 7.40. The van der Waals surface area contributed by atoms with E-state index in [2.05, 4.69) is 43.7 Å². The van der Waals surface area contributed by atoms with Gasteiger partial charge in [0.2, 0.25) is 0 Å². The van der Waals surface area contributed by atoms with Gasteiger partial charge in [0, 0.05) is 25.0 Å². The third kappa shape index (κ3) is 3.92. The highest BCUT2D eigenvalue weighted by atomic mass is 16.5. The van der Waals surface area contributed by atoms with E-state index >= 15 is 0 Å². The minimum absolute atomic E-state index is 0.0901. The van der Waals surface area contributed by atoms with E-state index in [0.717, 1.165) is 69.9 Å². The fraction of sp³-hybridized carbons (Fsp3) is 0.889. The number of nitrogens with zero attached hydrogens (tertiary/aromatic N) is 2. The van der Waals surface area contributed by atoms with Crippen molar-refractivity contribution in [2.45, 2.75) is 104 Å². The number of fused-ring (bicyclic) bond motifs is 2. The summed E-state index contributed by atoms with van der Waals surface area (Å²) in [7, 11) is 2.23. The van der Waals surface area contributed by atoms with Gasteiger partial charge < -0.3 is 19.5 Å². The number of allylic oxidation sites excluding steroid dienone is 1. The predicted octanol–water partition coefficient (Wildman–Crippen LogP) is 5.90. The third-order valence-corrected chi connectivity index (χ3v) is 14.3. The van der Waals surface area contributed by atoms with Crippen LogP contribution < -0.4 is 0 Å². The Morgan fingerprint density at radius 3 is 2.60 bits per heavy atom. The van der Waals surface area contributed by atoms with Crippen molar-refractivity contribution in [2.75, 3.05) is 39.8 Å². The molecule has 0 spiro atoms. The molecular weight excluding hydrogens is 524 g/mol. The molecule has 7 aliphatic rings. The molecule has 4 unspecified atom stereocenters. The lowest BCUT2D eigenvalue weighted by atomic mass is 9.41. The second kappa shape index (κ2) is 10.7. The van der Waals surface area contributed by atoms with E-state index < -0.39 is 22.2 Å². The minimum Gasteiger partial charge on any atom is -0.481 e. The quantitative estimate of drug-likeness (QED) is 0.285. The first kappa shape index (κ1) is 29.5. The Hall–Kier alpha value is -1.24. The summed E-state index contributed by atoms with van der Waals surface area (Å²) >= 11 is 0. The number of hydrogen-bond acceptors (Lipinski definition) is 5. The maximum absolute atomic E-state index is 14.1. The highest BCUT2D eigenvalue weighted by molar-refractivity contribution is 5.90. The second-order valence-electron chi connectivity index (χ2n) is 16.4. The SMILES string of the molecule is CC(C)C1=CC2CC3(C=O)[C@@H]4CC[C@@H](C)[C@H]4CC2([C@H]2C[C@@H](CC4CCCC4)[C@H](CN4CCCN(C)CC4)O2)C13C(=O)O. The van der Waals surface area contributed by atoms with Crippen LogP contribution >= 0.6 is 0 Å². The van der Waals surface area contributed by atoms with Crippen LogP contribution in [-0.4, -0.2) is 79.1 Å². The van der Waals surface area contributed by atoms with Crippen LogP contribution in [-0.2, 0) is 14.3 Å². The number of carboxylic acids is 1. The van der Waals surface area contributed by atoms with Crippen molar-refractivity contribution in [3.63, 3.8) is 0 Å². The summed E-state index contributed by atoms with van der Waals surface area (Å²) in [5.41, 5.74) is -1.40. The zero-order valence-electron chi connectivity index (χ0n) is 26.7. The first-order chi connectivity index (χ1) is 20.2. The average Bonchev–Trinajstić information content (AvgIpc) is 3.75.